The highest BCUT2D eigenvalue weighted by atomic mass is 32.2. The van der Waals surface area contributed by atoms with Gasteiger partial charge >= 0.3 is 5.97 Å². The molecule has 2 amide bonds. The maximum absolute atomic E-state index is 12.6. The summed E-state index contributed by atoms with van der Waals surface area (Å²) in [6.45, 7) is 9.54. The third kappa shape index (κ3) is 3.74. The summed E-state index contributed by atoms with van der Waals surface area (Å²) in [6.07, 6.45) is 1.77. The van der Waals surface area contributed by atoms with E-state index in [1.54, 1.807) is 18.2 Å². The number of hydrogen-bond acceptors (Lipinski definition) is 5. The Hall–Kier alpha value is -2.80. The zero-order chi connectivity index (χ0) is 21.5. The molecular formula is C22H24N2O4S. The van der Waals surface area contributed by atoms with Crippen LogP contribution in [-0.2, 0) is 9.53 Å². The number of aromatic nitrogens is 1. The van der Waals surface area contributed by atoms with Gasteiger partial charge in [-0.05, 0) is 81.8 Å². The molecule has 0 saturated carbocycles. The maximum atomic E-state index is 12.6. The molecule has 0 unspecified atom stereocenters. The summed E-state index contributed by atoms with van der Waals surface area (Å²) < 4.78 is 6.88. The van der Waals surface area contributed by atoms with Gasteiger partial charge in [0.1, 0.15) is 0 Å². The molecule has 1 fully saturated rings. The molecule has 2 heterocycles. The number of carbonyl (C=O) groups is 3. The standard InChI is InChI=1S/C22H24N2O4S/c1-12(2)23-20(25)19(29-22(23)27)11-17-9-14(4)24(15(17)5)18-10-16(21(26)28-6)8-7-13(18)3/h7-12H,1-6H3/b19-11+. The van der Waals surface area contributed by atoms with Gasteiger partial charge in [-0.25, -0.2) is 4.79 Å². The molecule has 2 aromatic rings. The second-order valence-electron chi connectivity index (χ2n) is 7.30. The van der Waals surface area contributed by atoms with Crippen LogP contribution in [0.3, 0.4) is 0 Å². The van der Waals surface area contributed by atoms with E-state index in [9.17, 15) is 14.4 Å². The molecule has 3 rings (SSSR count). The minimum atomic E-state index is -0.392. The van der Waals surface area contributed by atoms with Crippen LogP contribution in [0, 0.1) is 20.8 Å². The number of carbonyl (C=O) groups excluding carboxylic acids is 3. The average molecular weight is 413 g/mol. The van der Waals surface area contributed by atoms with Gasteiger partial charge < -0.3 is 9.30 Å². The average Bonchev–Trinajstić information content (AvgIpc) is 3.10. The lowest BCUT2D eigenvalue weighted by Gasteiger charge is -2.16. The summed E-state index contributed by atoms with van der Waals surface area (Å²) in [7, 11) is 1.36. The van der Waals surface area contributed by atoms with Crippen LogP contribution in [0.25, 0.3) is 11.8 Å². The molecule has 0 radical (unpaired) electrons. The summed E-state index contributed by atoms with van der Waals surface area (Å²) in [4.78, 5) is 38.4. The number of hydrogen-bond donors (Lipinski definition) is 0. The van der Waals surface area contributed by atoms with E-state index in [1.165, 1.54) is 12.0 Å². The number of ether oxygens (including phenoxy) is 1. The first-order chi connectivity index (χ1) is 13.6. The Kier molecular flexibility index (Phi) is 5.71. The fourth-order valence-electron chi connectivity index (χ4n) is 3.47. The van der Waals surface area contributed by atoms with Gasteiger partial charge in [0.05, 0.1) is 17.6 Å². The molecule has 1 aliphatic heterocycles. The molecule has 1 saturated heterocycles. The number of methoxy groups -OCH3 is 1. The van der Waals surface area contributed by atoms with E-state index < -0.39 is 5.97 Å². The van der Waals surface area contributed by atoms with E-state index >= 15 is 0 Å². The Bertz CT molecular complexity index is 1050. The van der Waals surface area contributed by atoms with Crippen LogP contribution < -0.4 is 0 Å². The van der Waals surface area contributed by atoms with Crippen LogP contribution in [0.15, 0.2) is 29.2 Å². The summed E-state index contributed by atoms with van der Waals surface area (Å²) in [6, 6.07) is 7.22. The molecule has 0 aliphatic carbocycles. The molecule has 1 aromatic heterocycles. The molecule has 0 bridgehead atoms. The Morgan fingerprint density at radius 2 is 1.83 bits per heavy atom. The quantitative estimate of drug-likeness (QED) is 0.541. The minimum absolute atomic E-state index is 0.176. The molecule has 29 heavy (non-hydrogen) atoms. The Labute approximate surface area is 174 Å². The second-order valence-corrected chi connectivity index (χ2v) is 8.29. The first-order valence-corrected chi connectivity index (χ1v) is 10.1. The van der Waals surface area contributed by atoms with Crippen molar-refractivity contribution in [3.8, 4) is 5.69 Å². The van der Waals surface area contributed by atoms with Gasteiger partial charge in [0.2, 0.25) is 0 Å². The van der Waals surface area contributed by atoms with E-state index in [0.29, 0.717) is 10.5 Å². The van der Waals surface area contributed by atoms with Crippen molar-refractivity contribution < 1.29 is 19.1 Å². The van der Waals surface area contributed by atoms with Crippen LogP contribution in [0.5, 0.6) is 0 Å². The zero-order valence-electron chi connectivity index (χ0n) is 17.4. The third-order valence-corrected chi connectivity index (χ3v) is 5.85. The van der Waals surface area contributed by atoms with E-state index in [2.05, 4.69) is 0 Å². The zero-order valence-corrected chi connectivity index (χ0v) is 18.2. The molecule has 6 nitrogen and oxygen atoms in total. The highest BCUT2D eigenvalue weighted by molar-refractivity contribution is 8.18. The van der Waals surface area contributed by atoms with Gasteiger partial charge in [0.25, 0.3) is 11.1 Å². The van der Waals surface area contributed by atoms with Crippen molar-refractivity contribution in [1.29, 1.82) is 0 Å². The van der Waals surface area contributed by atoms with Gasteiger partial charge in [-0.3, -0.25) is 14.5 Å². The predicted molar refractivity (Wildman–Crippen MR) is 114 cm³/mol. The van der Waals surface area contributed by atoms with Crippen LogP contribution >= 0.6 is 11.8 Å². The molecule has 0 atom stereocenters. The number of amides is 2. The van der Waals surface area contributed by atoms with Crippen LogP contribution in [-0.4, -0.2) is 39.7 Å². The van der Waals surface area contributed by atoms with Crippen molar-refractivity contribution in [2.45, 2.75) is 40.7 Å². The van der Waals surface area contributed by atoms with Crippen LogP contribution in [0.1, 0.15) is 46.7 Å². The van der Waals surface area contributed by atoms with Crippen LogP contribution in [0.2, 0.25) is 0 Å². The second kappa shape index (κ2) is 7.91. The predicted octanol–water partition coefficient (Wildman–Crippen LogP) is 4.63. The Balaban J connectivity index is 2.06. The van der Waals surface area contributed by atoms with Crippen molar-refractivity contribution >= 4 is 35.0 Å². The van der Waals surface area contributed by atoms with Crippen molar-refractivity contribution in [3.63, 3.8) is 0 Å². The molecule has 1 aromatic carbocycles. The number of esters is 1. The molecule has 0 N–H and O–H groups in total. The summed E-state index contributed by atoms with van der Waals surface area (Å²) in [5.41, 5.74) is 5.09. The number of imide groups is 1. The van der Waals surface area contributed by atoms with E-state index in [4.69, 9.17) is 4.74 Å². The van der Waals surface area contributed by atoms with E-state index in [-0.39, 0.29) is 17.2 Å². The lowest BCUT2D eigenvalue weighted by molar-refractivity contribution is -0.123. The van der Waals surface area contributed by atoms with Gasteiger partial charge in [-0.1, -0.05) is 6.07 Å². The summed E-state index contributed by atoms with van der Waals surface area (Å²) in [5, 5.41) is -0.244. The van der Waals surface area contributed by atoms with E-state index in [0.717, 1.165) is 40.0 Å². The van der Waals surface area contributed by atoms with Crippen molar-refractivity contribution in [3.05, 3.63) is 57.2 Å². The summed E-state index contributed by atoms with van der Waals surface area (Å²) in [5.74, 6) is -0.653. The number of nitrogens with zero attached hydrogens (tertiary/aromatic N) is 2. The monoisotopic (exact) mass is 412 g/mol. The van der Waals surface area contributed by atoms with Crippen molar-refractivity contribution in [2.24, 2.45) is 0 Å². The first kappa shape index (κ1) is 20.9. The highest BCUT2D eigenvalue weighted by Crippen LogP contribution is 2.35. The number of rotatable bonds is 4. The van der Waals surface area contributed by atoms with Gasteiger partial charge in [-0.2, -0.15) is 0 Å². The third-order valence-electron chi connectivity index (χ3n) is 4.97. The smallest absolute Gasteiger partial charge is 0.337 e. The Morgan fingerprint density at radius 3 is 2.41 bits per heavy atom. The van der Waals surface area contributed by atoms with Gasteiger partial charge in [0.15, 0.2) is 0 Å². The lowest BCUT2D eigenvalue weighted by Crippen LogP contribution is -2.34. The maximum Gasteiger partial charge on any atom is 0.337 e. The van der Waals surface area contributed by atoms with Gasteiger partial charge in [0, 0.05) is 23.1 Å². The number of thioether (sulfide) groups is 1. The van der Waals surface area contributed by atoms with Crippen molar-refractivity contribution in [2.75, 3.05) is 7.11 Å². The summed E-state index contributed by atoms with van der Waals surface area (Å²) >= 11 is 0.965. The molecule has 7 heteroatoms. The molecule has 0 spiro atoms. The molecule has 152 valence electrons. The molecule has 1 aliphatic rings. The fourth-order valence-corrected chi connectivity index (χ4v) is 4.42. The molecular weight excluding hydrogens is 388 g/mol. The highest BCUT2D eigenvalue weighted by Gasteiger charge is 2.36. The largest absolute Gasteiger partial charge is 0.465 e. The lowest BCUT2D eigenvalue weighted by atomic mass is 10.1. The normalized spacial score (nSPS) is 15.7. The van der Waals surface area contributed by atoms with Gasteiger partial charge in [-0.15, -0.1) is 0 Å². The van der Waals surface area contributed by atoms with Crippen LogP contribution in [0.4, 0.5) is 4.79 Å². The minimum Gasteiger partial charge on any atom is -0.465 e. The topological polar surface area (TPSA) is 68.6 Å². The Morgan fingerprint density at radius 1 is 1.14 bits per heavy atom. The SMILES string of the molecule is COC(=O)c1ccc(C)c(-n2c(C)cc(/C=C3/SC(=O)N(C(C)C)C3=O)c2C)c1. The van der Waals surface area contributed by atoms with Crippen molar-refractivity contribution in [1.82, 2.24) is 9.47 Å². The fraction of sp³-hybridized carbons (Fsp3) is 0.318. The first-order valence-electron chi connectivity index (χ1n) is 9.31. The number of benzene rings is 1. The van der Waals surface area contributed by atoms with E-state index in [1.807, 2.05) is 51.3 Å². The number of aryl methyl sites for hydroxylation is 2.